The van der Waals surface area contributed by atoms with Gasteiger partial charge in [0.05, 0.1) is 10.6 Å². The van der Waals surface area contributed by atoms with Gasteiger partial charge in [-0.3, -0.25) is 0 Å². The fraction of sp³-hybridized carbons (Fsp3) is 0.429. The Hall–Kier alpha value is -3.06. The van der Waals surface area contributed by atoms with E-state index >= 15 is 0 Å². The number of hydrogen-bond acceptors (Lipinski definition) is 4. The van der Waals surface area contributed by atoms with E-state index in [0.29, 0.717) is 11.8 Å². The van der Waals surface area contributed by atoms with E-state index in [1.54, 1.807) is 0 Å². The highest BCUT2D eigenvalue weighted by Crippen LogP contribution is 2.69. The Balaban J connectivity index is 1.40. The standard InChI is InChI=1S/C42H52O4P2/c1-27(2)35(29-19-13-11-14-20-29)43-31-23-17-25-33-37(31)47(41(5,6)7)39(45-33)40-46-34-26-18-24-32(38(34)48(40)42(8,9)10)44-36(28(3)4)30-21-15-12-16-22-30/h11-28,35-36,39-40H,1-10H3/t35-,36-,39+,40+,47-,48-/m0/s1. The first-order valence-electron chi connectivity index (χ1n) is 17.4. The zero-order valence-corrected chi connectivity index (χ0v) is 32.0. The molecule has 0 amide bonds. The molecule has 0 saturated carbocycles. The zero-order valence-electron chi connectivity index (χ0n) is 30.2. The van der Waals surface area contributed by atoms with Crippen molar-refractivity contribution in [3.8, 4) is 23.0 Å². The summed E-state index contributed by atoms with van der Waals surface area (Å²) >= 11 is 0. The van der Waals surface area contributed by atoms with E-state index in [1.807, 2.05) is 0 Å². The molecule has 0 N–H and O–H groups in total. The Morgan fingerprint density at radius 3 is 1.17 bits per heavy atom. The SMILES string of the molecule is CC(C)[C@H](Oc1cccc2c1[P@](C(C)(C)C)[C@H]([C@@H]1Oc3cccc(O[C@H](c4ccccc4)C(C)C)c3[P@]1C(C)(C)C)O2)c1ccccc1. The predicted molar refractivity (Wildman–Crippen MR) is 204 cm³/mol. The second kappa shape index (κ2) is 13.7. The largest absolute Gasteiger partial charge is 0.485 e. The maximum absolute atomic E-state index is 7.10. The van der Waals surface area contributed by atoms with Gasteiger partial charge < -0.3 is 18.9 Å². The molecule has 0 saturated heterocycles. The van der Waals surface area contributed by atoms with Gasteiger partial charge in [0, 0.05) is 0 Å². The fourth-order valence-electron chi connectivity index (χ4n) is 7.02. The Morgan fingerprint density at radius 1 is 0.500 bits per heavy atom. The molecule has 0 fully saturated rings. The highest BCUT2D eigenvalue weighted by molar-refractivity contribution is 7.72. The van der Waals surface area contributed by atoms with Crippen molar-refractivity contribution in [1.29, 1.82) is 0 Å². The van der Waals surface area contributed by atoms with Gasteiger partial charge >= 0.3 is 0 Å². The third-order valence-corrected chi connectivity index (χ3v) is 15.8. The van der Waals surface area contributed by atoms with Gasteiger partial charge in [-0.15, -0.1) is 0 Å². The second-order valence-corrected chi connectivity index (χ2v) is 21.8. The molecule has 48 heavy (non-hydrogen) atoms. The second-order valence-electron chi connectivity index (χ2n) is 15.7. The number of ether oxygens (including phenoxy) is 4. The van der Waals surface area contributed by atoms with E-state index in [2.05, 4.69) is 166 Å². The van der Waals surface area contributed by atoms with E-state index in [-0.39, 0.29) is 34.2 Å². The molecule has 2 aliphatic rings. The van der Waals surface area contributed by atoms with Crippen molar-refractivity contribution in [2.75, 3.05) is 0 Å². The van der Waals surface area contributed by atoms with Crippen LogP contribution in [0.1, 0.15) is 92.6 Å². The summed E-state index contributed by atoms with van der Waals surface area (Å²) in [5, 5.41) is 2.32. The van der Waals surface area contributed by atoms with Crippen molar-refractivity contribution < 1.29 is 18.9 Å². The zero-order chi connectivity index (χ0) is 34.4. The summed E-state index contributed by atoms with van der Waals surface area (Å²) in [5.41, 5.74) is 2.38. The van der Waals surface area contributed by atoms with E-state index in [1.165, 1.54) is 21.7 Å². The maximum atomic E-state index is 7.10. The average Bonchev–Trinajstić information content (AvgIpc) is 3.63. The van der Waals surface area contributed by atoms with Gasteiger partial charge in [0.15, 0.2) is 11.7 Å². The summed E-state index contributed by atoms with van der Waals surface area (Å²) in [6, 6.07) is 33.9. The third-order valence-electron chi connectivity index (χ3n) is 9.07. The lowest BCUT2D eigenvalue weighted by Gasteiger charge is -2.40. The average molecular weight is 683 g/mol. The Kier molecular flexibility index (Phi) is 9.92. The van der Waals surface area contributed by atoms with E-state index in [9.17, 15) is 0 Å². The molecule has 254 valence electrons. The molecule has 4 aromatic carbocycles. The van der Waals surface area contributed by atoms with Crippen LogP contribution in [0.25, 0.3) is 0 Å². The van der Waals surface area contributed by atoms with E-state index < -0.39 is 15.8 Å². The van der Waals surface area contributed by atoms with Gasteiger partial charge in [-0.1, -0.05) is 142 Å². The van der Waals surface area contributed by atoms with E-state index in [0.717, 1.165) is 23.0 Å². The lowest BCUT2D eigenvalue weighted by atomic mass is 9.99. The van der Waals surface area contributed by atoms with Crippen molar-refractivity contribution in [2.24, 2.45) is 11.8 Å². The number of fused-ring (bicyclic) bond motifs is 2. The highest BCUT2D eigenvalue weighted by atomic mass is 31.1. The Bertz CT molecular complexity index is 1560. The van der Waals surface area contributed by atoms with Gasteiger partial charge in [0.1, 0.15) is 35.2 Å². The van der Waals surface area contributed by atoms with Gasteiger partial charge in [0.25, 0.3) is 0 Å². The van der Waals surface area contributed by atoms with Crippen LogP contribution in [0.2, 0.25) is 0 Å². The summed E-state index contributed by atoms with van der Waals surface area (Å²) in [6.45, 7) is 23.0. The molecule has 6 rings (SSSR count). The van der Waals surface area contributed by atoms with Crippen LogP contribution in [0, 0.1) is 11.8 Å². The molecule has 0 unspecified atom stereocenters. The molecule has 0 bridgehead atoms. The summed E-state index contributed by atoms with van der Waals surface area (Å²) in [5.74, 6) is 4.06. The van der Waals surface area contributed by atoms with Crippen LogP contribution in [0.4, 0.5) is 0 Å². The molecule has 0 aromatic heterocycles. The monoisotopic (exact) mass is 682 g/mol. The first-order valence-corrected chi connectivity index (χ1v) is 20.2. The third kappa shape index (κ3) is 6.86. The van der Waals surface area contributed by atoms with Crippen LogP contribution in [0.15, 0.2) is 97.1 Å². The van der Waals surface area contributed by atoms with Gasteiger partial charge in [-0.2, -0.15) is 0 Å². The van der Waals surface area contributed by atoms with Crippen molar-refractivity contribution in [3.63, 3.8) is 0 Å². The van der Waals surface area contributed by atoms with Crippen molar-refractivity contribution in [1.82, 2.24) is 0 Å². The number of benzene rings is 4. The summed E-state index contributed by atoms with van der Waals surface area (Å²) in [7, 11) is -1.72. The van der Waals surface area contributed by atoms with Gasteiger partial charge in [-0.25, -0.2) is 0 Å². The van der Waals surface area contributed by atoms with Crippen LogP contribution < -0.4 is 29.6 Å². The predicted octanol–water partition coefficient (Wildman–Crippen LogP) is 11.2. The number of hydrogen-bond donors (Lipinski definition) is 0. The highest BCUT2D eigenvalue weighted by Gasteiger charge is 2.55. The lowest BCUT2D eigenvalue weighted by Crippen LogP contribution is -2.38. The molecule has 0 radical (unpaired) electrons. The molecule has 0 aliphatic carbocycles. The quantitative estimate of drug-likeness (QED) is 0.165. The minimum Gasteiger partial charge on any atom is -0.485 e. The maximum Gasteiger partial charge on any atom is 0.162 e. The van der Waals surface area contributed by atoms with Crippen LogP contribution in [-0.2, 0) is 0 Å². The minimum atomic E-state index is -0.862. The van der Waals surface area contributed by atoms with Crippen LogP contribution in [0.5, 0.6) is 23.0 Å². The molecule has 6 heteroatoms. The van der Waals surface area contributed by atoms with E-state index in [4.69, 9.17) is 18.9 Å². The smallest absolute Gasteiger partial charge is 0.162 e. The Labute approximate surface area is 291 Å². The molecular weight excluding hydrogens is 630 g/mol. The first kappa shape index (κ1) is 34.8. The normalized spacial score (nSPS) is 21.7. The lowest BCUT2D eigenvalue weighted by molar-refractivity contribution is 0.153. The van der Waals surface area contributed by atoms with Crippen molar-refractivity contribution in [2.45, 2.75) is 103 Å². The van der Waals surface area contributed by atoms with Crippen molar-refractivity contribution in [3.05, 3.63) is 108 Å². The van der Waals surface area contributed by atoms with Crippen LogP contribution in [0.3, 0.4) is 0 Å². The van der Waals surface area contributed by atoms with Crippen molar-refractivity contribution >= 4 is 26.5 Å². The molecule has 2 aliphatic heterocycles. The molecule has 2 heterocycles. The van der Waals surface area contributed by atoms with Crippen LogP contribution >= 0.6 is 15.8 Å². The molecular formula is C42H52O4P2. The minimum absolute atomic E-state index is 0.0583. The summed E-state index contributed by atoms with van der Waals surface area (Å²) < 4.78 is 28.2. The van der Waals surface area contributed by atoms with Gasteiger partial charge in [-0.05, 0) is 73.4 Å². The number of rotatable bonds is 9. The Morgan fingerprint density at radius 2 is 0.854 bits per heavy atom. The topological polar surface area (TPSA) is 36.9 Å². The first-order chi connectivity index (χ1) is 22.8. The summed E-state index contributed by atoms with van der Waals surface area (Å²) in [6.07, 6.45) is -0.129. The molecule has 6 atom stereocenters. The molecule has 0 spiro atoms. The van der Waals surface area contributed by atoms with Crippen LogP contribution in [-0.4, -0.2) is 22.0 Å². The molecule has 4 aromatic rings. The van der Waals surface area contributed by atoms with Gasteiger partial charge in [0.2, 0.25) is 0 Å². The molecule has 4 nitrogen and oxygen atoms in total. The fourth-order valence-corrected chi connectivity index (χ4v) is 13.7. The summed E-state index contributed by atoms with van der Waals surface area (Å²) in [4.78, 5) is 0.